The van der Waals surface area contributed by atoms with E-state index in [9.17, 15) is 10.1 Å². The van der Waals surface area contributed by atoms with Gasteiger partial charge in [-0.05, 0) is 22.7 Å². The van der Waals surface area contributed by atoms with Crippen molar-refractivity contribution < 1.29 is 9.66 Å². The number of nitrogens with zero attached hydrogens (tertiary/aromatic N) is 3. The van der Waals surface area contributed by atoms with Crippen molar-refractivity contribution in [2.75, 3.05) is 0 Å². The van der Waals surface area contributed by atoms with Gasteiger partial charge in [-0.1, -0.05) is 0 Å². The van der Waals surface area contributed by atoms with Gasteiger partial charge in [-0.25, -0.2) is 0 Å². The Morgan fingerprint density at radius 3 is 2.93 bits per heavy atom. The number of hydrogen-bond donors (Lipinski definition) is 1. The third-order valence-electron chi connectivity index (χ3n) is 2.45. The Labute approximate surface area is 86.0 Å². The molecule has 0 bridgehead atoms. The lowest BCUT2D eigenvalue weighted by molar-refractivity contribution is -0.390. The molecule has 0 unspecified atom stereocenters. The summed E-state index contributed by atoms with van der Waals surface area (Å²) >= 11 is 0. The van der Waals surface area contributed by atoms with Crippen LogP contribution in [0.4, 0.5) is 5.82 Å². The maximum absolute atomic E-state index is 10.6. The maximum atomic E-state index is 10.6. The first kappa shape index (κ1) is 9.91. The number of imidazole rings is 1. The maximum Gasteiger partial charge on any atom is 0.426 e. The highest BCUT2D eigenvalue weighted by atomic mass is 16.6. The fraction of sp³-hybridized carbons (Fsp3) is 0.625. The number of nitrogens with two attached hydrogens (primary N) is 1. The van der Waals surface area contributed by atoms with Crippen molar-refractivity contribution in [2.45, 2.75) is 25.0 Å². The molecule has 0 spiro atoms. The second-order valence-corrected chi connectivity index (χ2v) is 3.71. The second-order valence-electron chi connectivity index (χ2n) is 3.71. The van der Waals surface area contributed by atoms with Crippen molar-refractivity contribution >= 4 is 5.82 Å². The minimum Gasteiger partial charge on any atom is -0.469 e. The van der Waals surface area contributed by atoms with Crippen molar-refractivity contribution in [1.82, 2.24) is 9.55 Å². The van der Waals surface area contributed by atoms with Gasteiger partial charge < -0.3 is 20.6 Å². The van der Waals surface area contributed by atoms with Gasteiger partial charge >= 0.3 is 5.82 Å². The lowest BCUT2D eigenvalue weighted by Crippen LogP contribution is -2.43. The molecule has 1 aromatic heterocycles. The second kappa shape index (κ2) is 3.50. The molecule has 2 N–H and O–H groups in total. The number of ether oxygens (including phenoxy) is 1. The van der Waals surface area contributed by atoms with Crippen LogP contribution < -0.4 is 10.5 Å². The molecule has 15 heavy (non-hydrogen) atoms. The van der Waals surface area contributed by atoms with Crippen molar-refractivity contribution in [3.8, 4) is 5.88 Å². The van der Waals surface area contributed by atoms with Gasteiger partial charge in [0.05, 0.1) is 0 Å². The molecule has 0 amide bonds. The zero-order valence-electron chi connectivity index (χ0n) is 8.29. The Kier molecular flexibility index (Phi) is 2.31. The van der Waals surface area contributed by atoms with Crippen LogP contribution in [-0.2, 0) is 7.05 Å². The highest BCUT2D eigenvalue weighted by Crippen LogP contribution is 2.30. The number of aryl methyl sites for hydroxylation is 1. The van der Waals surface area contributed by atoms with Crippen LogP contribution in [0, 0.1) is 10.1 Å². The van der Waals surface area contributed by atoms with Crippen molar-refractivity contribution in [3.63, 3.8) is 0 Å². The predicted molar refractivity (Wildman–Crippen MR) is 51.5 cm³/mol. The molecule has 7 nitrogen and oxygen atoms in total. The molecule has 0 saturated heterocycles. The summed E-state index contributed by atoms with van der Waals surface area (Å²) in [4.78, 5) is 13.7. The largest absolute Gasteiger partial charge is 0.469 e. The van der Waals surface area contributed by atoms with E-state index in [0.717, 1.165) is 12.8 Å². The summed E-state index contributed by atoms with van der Waals surface area (Å²) in [6, 6.07) is 0.155. The monoisotopic (exact) mass is 212 g/mol. The first-order valence-electron chi connectivity index (χ1n) is 4.66. The third-order valence-corrected chi connectivity index (χ3v) is 2.45. The van der Waals surface area contributed by atoms with Gasteiger partial charge in [0, 0.05) is 13.1 Å². The van der Waals surface area contributed by atoms with Crippen molar-refractivity contribution in [3.05, 3.63) is 16.4 Å². The Balaban J connectivity index is 2.12. The summed E-state index contributed by atoms with van der Waals surface area (Å²) in [6.45, 7) is 0. The van der Waals surface area contributed by atoms with Gasteiger partial charge in [-0.15, -0.1) is 0 Å². The third kappa shape index (κ3) is 1.78. The zero-order valence-corrected chi connectivity index (χ0v) is 8.29. The van der Waals surface area contributed by atoms with Crippen LogP contribution in [0.3, 0.4) is 0 Å². The van der Waals surface area contributed by atoms with E-state index in [1.165, 1.54) is 10.9 Å². The first-order chi connectivity index (χ1) is 7.08. The molecular weight excluding hydrogens is 200 g/mol. The Morgan fingerprint density at radius 1 is 1.73 bits per heavy atom. The smallest absolute Gasteiger partial charge is 0.426 e. The van der Waals surface area contributed by atoms with Crippen molar-refractivity contribution in [1.29, 1.82) is 0 Å². The quantitative estimate of drug-likeness (QED) is 0.570. The summed E-state index contributed by atoms with van der Waals surface area (Å²) in [5, 5.41) is 10.6. The molecule has 0 aliphatic heterocycles. The van der Waals surface area contributed by atoms with Crippen LogP contribution in [-0.4, -0.2) is 26.6 Å². The summed E-state index contributed by atoms with van der Waals surface area (Å²) in [5.74, 6) is -0.0325. The molecule has 0 aromatic carbocycles. The fourth-order valence-electron chi connectivity index (χ4n) is 1.53. The summed E-state index contributed by atoms with van der Waals surface area (Å²) in [5.41, 5.74) is 5.60. The minimum absolute atomic E-state index is 0.0194. The van der Waals surface area contributed by atoms with Crippen molar-refractivity contribution in [2.24, 2.45) is 12.8 Å². The fourth-order valence-corrected chi connectivity index (χ4v) is 1.53. The van der Waals surface area contributed by atoms with Crippen LogP contribution in [0.2, 0.25) is 0 Å². The molecule has 82 valence electrons. The Hall–Kier alpha value is -1.63. The molecule has 1 aliphatic rings. The van der Waals surface area contributed by atoms with Gasteiger partial charge in [-0.2, -0.15) is 0 Å². The molecule has 1 aliphatic carbocycles. The van der Waals surface area contributed by atoms with E-state index < -0.39 is 4.92 Å². The lowest BCUT2D eigenvalue weighted by Gasteiger charge is -2.31. The number of rotatable bonds is 3. The van der Waals surface area contributed by atoms with E-state index in [0.29, 0.717) is 0 Å². The summed E-state index contributed by atoms with van der Waals surface area (Å²) < 4.78 is 6.96. The molecular formula is C8H12N4O3. The van der Waals surface area contributed by atoms with Gasteiger partial charge in [0.25, 0.3) is 5.88 Å². The van der Waals surface area contributed by atoms with Crippen LogP contribution in [0.1, 0.15) is 12.8 Å². The summed E-state index contributed by atoms with van der Waals surface area (Å²) in [7, 11) is 1.66. The molecule has 1 fully saturated rings. The highest BCUT2D eigenvalue weighted by Gasteiger charge is 2.32. The van der Waals surface area contributed by atoms with E-state index in [-0.39, 0.29) is 23.8 Å². The van der Waals surface area contributed by atoms with E-state index in [4.69, 9.17) is 10.5 Å². The average molecular weight is 212 g/mol. The molecule has 2 rings (SSSR count). The minimum atomic E-state index is -0.548. The van der Waals surface area contributed by atoms with Gasteiger partial charge in [0.1, 0.15) is 6.10 Å². The van der Waals surface area contributed by atoms with Gasteiger partial charge in [0.15, 0.2) is 0 Å². The van der Waals surface area contributed by atoms with E-state index in [1.807, 2.05) is 0 Å². The van der Waals surface area contributed by atoms with Gasteiger partial charge in [0.2, 0.25) is 6.33 Å². The number of hydrogen-bond acceptors (Lipinski definition) is 5. The van der Waals surface area contributed by atoms with E-state index >= 15 is 0 Å². The number of aromatic nitrogens is 2. The van der Waals surface area contributed by atoms with Gasteiger partial charge in [-0.3, -0.25) is 4.57 Å². The normalized spacial score (nSPS) is 24.7. The highest BCUT2D eigenvalue weighted by molar-refractivity contribution is 5.33. The molecule has 1 aromatic rings. The topological polar surface area (TPSA) is 96.2 Å². The van der Waals surface area contributed by atoms with Crippen LogP contribution >= 0.6 is 0 Å². The lowest BCUT2D eigenvalue weighted by atomic mass is 9.90. The molecule has 1 saturated carbocycles. The standard InChI is InChI=1S/C8H12N4O3/c1-11-4-10-7(12(13)14)8(11)15-6-2-5(9)3-6/h4-6H,2-3,9H2,1H3. The van der Waals surface area contributed by atoms with Crippen LogP contribution in [0.25, 0.3) is 0 Å². The molecule has 7 heteroatoms. The van der Waals surface area contributed by atoms with E-state index in [2.05, 4.69) is 4.98 Å². The Bertz CT molecular complexity index is 383. The molecule has 0 radical (unpaired) electrons. The molecule has 1 heterocycles. The van der Waals surface area contributed by atoms with E-state index in [1.54, 1.807) is 7.05 Å². The average Bonchev–Trinajstić information content (AvgIpc) is 2.45. The zero-order chi connectivity index (χ0) is 11.0. The first-order valence-corrected chi connectivity index (χ1v) is 4.66. The molecule has 0 atom stereocenters. The Morgan fingerprint density at radius 2 is 2.40 bits per heavy atom. The SMILES string of the molecule is Cn1cnc([N+](=O)[O-])c1OC1CC(N)C1. The number of nitro groups is 1. The summed E-state index contributed by atoms with van der Waals surface area (Å²) in [6.07, 6.45) is 2.82. The van der Waals surface area contributed by atoms with Crippen LogP contribution in [0.5, 0.6) is 5.88 Å². The van der Waals surface area contributed by atoms with Crippen LogP contribution in [0.15, 0.2) is 6.33 Å². The predicted octanol–water partition coefficient (Wildman–Crippen LogP) is 0.197.